The minimum absolute atomic E-state index is 0.0109. The van der Waals surface area contributed by atoms with Crippen LogP contribution in [0.4, 0.5) is 0 Å². The zero-order valence-electron chi connectivity index (χ0n) is 14.5. The largest absolute Gasteiger partial charge is 0.504 e. The third-order valence-electron chi connectivity index (χ3n) is 3.61. The molecule has 7 nitrogen and oxygen atoms in total. The molecule has 0 saturated carbocycles. The van der Waals surface area contributed by atoms with Crippen LogP contribution in [0, 0.1) is 0 Å². The van der Waals surface area contributed by atoms with Crippen molar-refractivity contribution in [3.63, 3.8) is 0 Å². The van der Waals surface area contributed by atoms with Crippen LogP contribution in [0.3, 0.4) is 0 Å². The number of phenolic OH excluding ortho intramolecular Hbond substituents is 3. The second-order valence-corrected chi connectivity index (χ2v) is 6.06. The summed E-state index contributed by atoms with van der Waals surface area (Å²) in [6.07, 6.45) is 0. The Morgan fingerprint density at radius 1 is 0.923 bits per heavy atom. The highest BCUT2D eigenvalue weighted by atomic mass is 16.5. The molecule has 0 aliphatic rings. The number of carbonyl (C=O) groups excluding carboxylic acids is 2. The lowest BCUT2D eigenvalue weighted by atomic mass is 10.1. The molecule has 2 rings (SSSR count). The third kappa shape index (κ3) is 4.97. The van der Waals surface area contributed by atoms with E-state index in [0.717, 1.165) is 6.07 Å². The number of carbonyl (C=O) groups is 2. The fraction of sp³-hybridized carbons (Fsp3) is 0.263. The number of ketones is 2. The number of phenols is 3. The first-order valence-corrected chi connectivity index (χ1v) is 8.05. The zero-order valence-corrected chi connectivity index (χ0v) is 14.5. The van der Waals surface area contributed by atoms with Crippen molar-refractivity contribution in [2.45, 2.75) is 19.9 Å². The molecular weight excluding hydrogens is 338 g/mol. The van der Waals surface area contributed by atoms with Gasteiger partial charge < -0.3 is 25.4 Å². The Kier molecular flexibility index (Phi) is 6.19. The van der Waals surface area contributed by atoms with Crippen molar-refractivity contribution in [2.24, 2.45) is 0 Å². The Morgan fingerprint density at radius 2 is 1.54 bits per heavy atom. The van der Waals surface area contributed by atoms with Crippen LogP contribution in [0.1, 0.15) is 34.6 Å². The minimum Gasteiger partial charge on any atom is -0.504 e. The average molecular weight is 359 g/mol. The van der Waals surface area contributed by atoms with E-state index in [1.165, 1.54) is 30.3 Å². The topological polar surface area (TPSA) is 116 Å². The van der Waals surface area contributed by atoms with E-state index in [1.54, 1.807) is 0 Å². The molecule has 7 heteroatoms. The molecule has 0 amide bonds. The predicted molar refractivity (Wildman–Crippen MR) is 95.2 cm³/mol. The Bertz CT molecular complexity index is 816. The fourth-order valence-electron chi connectivity index (χ4n) is 2.13. The standard InChI is InChI=1S/C19H21NO6/c1-11(2)20-9-17(24)13-4-6-15(22)19(8-13)26-10-18(25)12-3-5-14(21)16(23)7-12/h3-8,11,20-23H,9-10H2,1-2H3. The normalized spacial score (nSPS) is 10.7. The SMILES string of the molecule is CC(C)NCC(=O)c1ccc(O)c(OCC(=O)c2ccc(O)c(O)c2)c1. The van der Waals surface area contributed by atoms with Crippen molar-refractivity contribution in [2.75, 3.05) is 13.2 Å². The maximum Gasteiger partial charge on any atom is 0.200 e. The molecule has 0 spiro atoms. The first kappa shape index (κ1) is 19.3. The van der Waals surface area contributed by atoms with Crippen LogP contribution in [0.2, 0.25) is 0 Å². The van der Waals surface area contributed by atoms with Gasteiger partial charge in [0, 0.05) is 17.2 Å². The van der Waals surface area contributed by atoms with Crippen molar-refractivity contribution >= 4 is 11.6 Å². The zero-order chi connectivity index (χ0) is 19.3. The second-order valence-electron chi connectivity index (χ2n) is 6.06. The number of hydrogen-bond donors (Lipinski definition) is 4. The highest BCUT2D eigenvalue weighted by Crippen LogP contribution is 2.28. The quantitative estimate of drug-likeness (QED) is 0.422. The highest BCUT2D eigenvalue weighted by molar-refractivity contribution is 5.99. The Labute approximate surface area is 150 Å². The average Bonchev–Trinajstić information content (AvgIpc) is 2.60. The Balaban J connectivity index is 2.06. The first-order chi connectivity index (χ1) is 12.3. The summed E-state index contributed by atoms with van der Waals surface area (Å²) in [5.74, 6) is -1.56. The molecule has 2 aromatic rings. The smallest absolute Gasteiger partial charge is 0.200 e. The van der Waals surface area contributed by atoms with Gasteiger partial charge in [-0.3, -0.25) is 9.59 Å². The van der Waals surface area contributed by atoms with E-state index >= 15 is 0 Å². The summed E-state index contributed by atoms with van der Waals surface area (Å²) in [7, 11) is 0. The lowest BCUT2D eigenvalue weighted by Gasteiger charge is -2.11. The van der Waals surface area contributed by atoms with Gasteiger partial charge in [0.25, 0.3) is 0 Å². The lowest BCUT2D eigenvalue weighted by Crippen LogP contribution is -2.29. The van der Waals surface area contributed by atoms with Crippen molar-refractivity contribution in [3.8, 4) is 23.0 Å². The van der Waals surface area contributed by atoms with Gasteiger partial charge in [-0.05, 0) is 36.4 Å². The van der Waals surface area contributed by atoms with E-state index in [9.17, 15) is 24.9 Å². The van der Waals surface area contributed by atoms with Gasteiger partial charge in [-0.15, -0.1) is 0 Å². The van der Waals surface area contributed by atoms with Gasteiger partial charge in [0.2, 0.25) is 0 Å². The van der Waals surface area contributed by atoms with Gasteiger partial charge in [0.15, 0.2) is 41.2 Å². The molecule has 0 unspecified atom stereocenters. The summed E-state index contributed by atoms with van der Waals surface area (Å²) >= 11 is 0. The molecule has 0 aliphatic heterocycles. The van der Waals surface area contributed by atoms with Crippen LogP contribution in [0.25, 0.3) is 0 Å². The minimum atomic E-state index is -0.460. The highest BCUT2D eigenvalue weighted by Gasteiger charge is 2.14. The summed E-state index contributed by atoms with van der Waals surface area (Å²) in [6.45, 7) is 3.59. The fourth-order valence-corrected chi connectivity index (χ4v) is 2.13. The van der Waals surface area contributed by atoms with E-state index in [0.29, 0.717) is 5.56 Å². The maximum atomic E-state index is 12.1. The lowest BCUT2D eigenvalue weighted by molar-refractivity contribution is 0.0919. The van der Waals surface area contributed by atoms with Crippen LogP contribution in [-0.2, 0) is 0 Å². The van der Waals surface area contributed by atoms with Crippen LogP contribution in [0.15, 0.2) is 36.4 Å². The van der Waals surface area contributed by atoms with Crippen LogP contribution in [0.5, 0.6) is 23.0 Å². The number of aromatic hydroxyl groups is 3. The van der Waals surface area contributed by atoms with Gasteiger partial charge >= 0.3 is 0 Å². The first-order valence-electron chi connectivity index (χ1n) is 8.05. The van der Waals surface area contributed by atoms with Crippen LogP contribution < -0.4 is 10.1 Å². The maximum absolute atomic E-state index is 12.1. The Morgan fingerprint density at radius 3 is 2.15 bits per heavy atom. The van der Waals surface area contributed by atoms with E-state index < -0.39 is 18.1 Å². The molecule has 0 aromatic heterocycles. The number of benzene rings is 2. The molecule has 2 aromatic carbocycles. The Hall–Kier alpha value is -3.06. The van der Waals surface area contributed by atoms with Crippen LogP contribution in [-0.4, -0.2) is 46.1 Å². The number of hydrogen-bond acceptors (Lipinski definition) is 7. The molecule has 138 valence electrons. The predicted octanol–water partition coefficient (Wildman–Crippen LogP) is 2.25. The third-order valence-corrected chi connectivity index (χ3v) is 3.61. The van der Waals surface area contributed by atoms with E-state index in [2.05, 4.69) is 5.32 Å². The molecule has 0 saturated heterocycles. The van der Waals surface area contributed by atoms with E-state index in [-0.39, 0.29) is 41.2 Å². The molecular formula is C19H21NO6. The molecule has 0 bridgehead atoms. The van der Waals surface area contributed by atoms with Gasteiger partial charge in [0.05, 0.1) is 6.54 Å². The van der Waals surface area contributed by atoms with Crippen LogP contribution >= 0.6 is 0 Å². The molecule has 0 radical (unpaired) electrons. The van der Waals surface area contributed by atoms with Gasteiger partial charge in [0.1, 0.15) is 0 Å². The van der Waals surface area contributed by atoms with Crippen molar-refractivity contribution in [3.05, 3.63) is 47.5 Å². The molecule has 4 N–H and O–H groups in total. The molecule has 26 heavy (non-hydrogen) atoms. The summed E-state index contributed by atoms with van der Waals surface area (Å²) in [4.78, 5) is 24.2. The van der Waals surface area contributed by atoms with Gasteiger partial charge in [-0.25, -0.2) is 0 Å². The van der Waals surface area contributed by atoms with E-state index in [1.807, 2.05) is 13.8 Å². The second kappa shape index (κ2) is 8.35. The number of nitrogens with one attached hydrogen (secondary N) is 1. The van der Waals surface area contributed by atoms with Gasteiger partial charge in [-0.2, -0.15) is 0 Å². The summed E-state index contributed by atoms with van der Waals surface area (Å²) in [6, 6.07) is 8.01. The summed E-state index contributed by atoms with van der Waals surface area (Å²) in [5, 5.41) is 31.6. The molecule has 0 aliphatic carbocycles. The monoisotopic (exact) mass is 359 g/mol. The molecule has 0 fully saturated rings. The molecule has 0 atom stereocenters. The van der Waals surface area contributed by atoms with E-state index in [4.69, 9.17) is 4.74 Å². The number of ether oxygens (including phenoxy) is 1. The summed E-state index contributed by atoms with van der Waals surface area (Å²) in [5.41, 5.74) is 0.494. The van der Waals surface area contributed by atoms with Gasteiger partial charge in [-0.1, -0.05) is 13.8 Å². The number of rotatable bonds is 8. The molecule has 0 heterocycles. The van der Waals surface area contributed by atoms with Crippen molar-refractivity contribution in [1.82, 2.24) is 5.32 Å². The number of Topliss-reactive ketones (excluding diaryl/α,β-unsaturated/α-hetero) is 2. The van der Waals surface area contributed by atoms with Crippen molar-refractivity contribution < 1.29 is 29.6 Å². The van der Waals surface area contributed by atoms with Crippen molar-refractivity contribution in [1.29, 1.82) is 0 Å². The summed E-state index contributed by atoms with van der Waals surface area (Å²) < 4.78 is 5.32.